The van der Waals surface area contributed by atoms with Gasteiger partial charge in [0.25, 0.3) is 0 Å². The summed E-state index contributed by atoms with van der Waals surface area (Å²) in [6.07, 6.45) is 0.912. The van der Waals surface area contributed by atoms with Crippen molar-refractivity contribution >= 4 is 11.8 Å². The molecule has 0 N–H and O–H groups in total. The number of ether oxygens (including phenoxy) is 1. The molecule has 0 saturated carbocycles. The molecule has 5 heteroatoms. The third kappa shape index (κ3) is 3.49. The minimum Gasteiger partial charge on any atom is -0.497 e. The first kappa shape index (κ1) is 10.6. The van der Waals surface area contributed by atoms with Crippen LogP contribution in [0.25, 0.3) is 0 Å². The van der Waals surface area contributed by atoms with Crippen molar-refractivity contribution in [3.05, 3.63) is 46.0 Å². The molecule has 0 unspecified atom stereocenters. The smallest absolute Gasteiger partial charge is 0.241 e. The van der Waals surface area contributed by atoms with E-state index in [1.165, 1.54) is 17.2 Å². The molecule has 0 amide bonds. The summed E-state index contributed by atoms with van der Waals surface area (Å²) in [6, 6.07) is 7.30. The molecule has 4 nitrogen and oxygen atoms in total. The normalized spacial score (nSPS) is 10.4. The maximum absolute atomic E-state index is 9.98. The van der Waals surface area contributed by atoms with E-state index in [1.807, 2.05) is 24.3 Å². The van der Waals surface area contributed by atoms with Crippen molar-refractivity contribution in [2.75, 3.05) is 7.11 Å². The van der Waals surface area contributed by atoms with Crippen molar-refractivity contribution in [2.24, 2.45) is 0 Å². The van der Waals surface area contributed by atoms with Crippen LogP contribution in [-0.2, 0) is 0 Å². The Kier molecular flexibility index (Phi) is 4.00. The van der Waals surface area contributed by atoms with Gasteiger partial charge in [-0.25, -0.2) is 0 Å². The molecule has 0 bridgehead atoms. The van der Waals surface area contributed by atoms with Gasteiger partial charge >= 0.3 is 0 Å². The Morgan fingerprint density at radius 3 is 2.57 bits per heavy atom. The molecule has 0 saturated heterocycles. The van der Waals surface area contributed by atoms with Gasteiger partial charge in [0.15, 0.2) is 0 Å². The molecular formula is C9H9NO3S. The second-order valence-corrected chi connectivity index (χ2v) is 3.34. The molecular weight excluding hydrogens is 202 g/mol. The van der Waals surface area contributed by atoms with Crippen molar-refractivity contribution in [2.45, 2.75) is 4.90 Å². The fraction of sp³-hybridized carbons (Fsp3) is 0.111. The molecule has 0 fully saturated rings. The molecule has 1 rings (SSSR count). The van der Waals surface area contributed by atoms with Gasteiger partial charge in [0, 0.05) is 10.3 Å². The number of rotatable bonds is 4. The minimum atomic E-state index is -0.490. The van der Waals surface area contributed by atoms with Crippen LogP contribution in [0.4, 0.5) is 0 Å². The molecule has 0 aliphatic rings. The highest BCUT2D eigenvalue weighted by Gasteiger charge is 1.93. The Labute approximate surface area is 85.7 Å². The van der Waals surface area contributed by atoms with Crippen LogP contribution in [0.15, 0.2) is 40.8 Å². The number of thioether (sulfide) groups is 1. The van der Waals surface area contributed by atoms with Gasteiger partial charge in [0.2, 0.25) is 6.20 Å². The Bertz CT molecular complexity index is 334. The molecule has 0 aliphatic carbocycles. The fourth-order valence-corrected chi connectivity index (χ4v) is 1.42. The zero-order valence-electron chi connectivity index (χ0n) is 7.54. The number of nitro groups is 1. The molecule has 0 aromatic heterocycles. The second kappa shape index (κ2) is 5.29. The molecule has 14 heavy (non-hydrogen) atoms. The quantitative estimate of drug-likeness (QED) is 0.436. The zero-order valence-corrected chi connectivity index (χ0v) is 8.36. The number of benzene rings is 1. The predicted molar refractivity (Wildman–Crippen MR) is 55.0 cm³/mol. The largest absolute Gasteiger partial charge is 0.497 e. The summed E-state index contributed by atoms with van der Waals surface area (Å²) >= 11 is 1.29. The van der Waals surface area contributed by atoms with Gasteiger partial charge in [-0.1, -0.05) is 11.8 Å². The highest BCUT2D eigenvalue weighted by atomic mass is 32.2. The molecule has 0 atom stereocenters. The molecule has 74 valence electrons. The fourth-order valence-electron chi connectivity index (χ4n) is 0.813. The molecule has 0 aliphatic heterocycles. The number of hydrogen-bond acceptors (Lipinski definition) is 4. The summed E-state index contributed by atoms with van der Waals surface area (Å²) in [7, 11) is 1.59. The van der Waals surface area contributed by atoms with Crippen LogP contribution in [0, 0.1) is 10.1 Å². The van der Waals surface area contributed by atoms with Gasteiger partial charge in [0.1, 0.15) is 5.75 Å². The number of methoxy groups -OCH3 is 1. The summed E-state index contributed by atoms with van der Waals surface area (Å²) in [4.78, 5) is 10.4. The van der Waals surface area contributed by atoms with Crippen molar-refractivity contribution in [3.63, 3.8) is 0 Å². The Balaban J connectivity index is 2.56. The zero-order chi connectivity index (χ0) is 10.4. The van der Waals surface area contributed by atoms with Gasteiger partial charge in [-0.3, -0.25) is 10.1 Å². The topological polar surface area (TPSA) is 52.4 Å². The van der Waals surface area contributed by atoms with E-state index in [0.717, 1.165) is 16.8 Å². The lowest BCUT2D eigenvalue weighted by molar-refractivity contribution is -0.402. The Morgan fingerprint density at radius 1 is 1.43 bits per heavy atom. The highest BCUT2D eigenvalue weighted by molar-refractivity contribution is 8.02. The van der Waals surface area contributed by atoms with E-state index < -0.39 is 4.92 Å². The van der Waals surface area contributed by atoms with Crippen molar-refractivity contribution in [3.8, 4) is 5.75 Å². The van der Waals surface area contributed by atoms with E-state index >= 15 is 0 Å². The third-order valence-electron chi connectivity index (χ3n) is 1.45. The van der Waals surface area contributed by atoms with E-state index in [2.05, 4.69) is 0 Å². The molecule has 1 aromatic rings. The van der Waals surface area contributed by atoms with Gasteiger partial charge in [0.05, 0.1) is 12.0 Å². The van der Waals surface area contributed by atoms with Crippen LogP contribution in [0.2, 0.25) is 0 Å². The lowest BCUT2D eigenvalue weighted by atomic mass is 10.3. The summed E-state index contributed by atoms with van der Waals surface area (Å²) < 4.78 is 4.98. The van der Waals surface area contributed by atoms with Gasteiger partial charge in [-0.2, -0.15) is 0 Å². The van der Waals surface area contributed by atoms with E-state index in [0.29, 0.717) is 0 Å². The van der Waals surface area contributed by atoms with E-state index in [4.69, 9.17) is 4.74 Å². The maximum Gasteiger partial charge on any atom is 0.241 e. The first-order valence-corrected chi connectivity index (χ1v) is 4.71. The third-order valence-corrected chi connectivity index (χ3v) is 2.25. The average molecular weight is 211 g/mol. The van der Waals surface area contributed by atoms with Crippen LogP contribution in [0.1, 0.15) is 0 Å². The van der Waals surface area contributed by atoms with Gasteiger partial charge in [-0.15, -0.1) is 0 Å². The summed E-state index contributed by atoms with van der Waals surface area (Å²) in [5, 5.41) is 11.4. The number of hydrogen-bond donors (Lipinski definition) is 0. The van der Waals surface area contributed by atoms with Crippen molar-refractivity contribution in [1.82, 2.24) is 0 Å². The Morgan fingerprint density at radius 2 is 2.07 bits per heavy atom. The maximum atomic E-state index is 9.98. The first-order valence-electron chi connectivity index (χ1n) is 3.83. The monoisotopic (exact) mass is 211 g/mol. The molecule has 1 aromatic carbocycles. The number of nitrogens with zero attached hydrogens (tertiary/aromatic N) is 1. The Hall–Kier alpha value is -1.49. The van der Waals surface area contributed by atoms with Crippen molar-refractivity contribution < 1.29 is 9.66 Å². The molecule has 0 radical (unpaired) electrons. The SMILES string of the molecule is COc1ccc(SC=C[N+](=O)[O-])cc1. The van der Waals surface area contributed by atoms with E-state index in [9.17, 15) is 10.1 Å². The van der Waals surface area contributed by atoms with E-state index in [1.54, 1.807) is 7.11 Å². The molecule has 0 spiro atoms. The predicted octanol–water partition coefficient (Wildman–Crippen LogP) is 2.54. The van der Waals surface area contributed by atoms with Crippen LogP contribution in [-0.4, -0.2) is 12.0 Å². The standard InChI is InChI=1S/C9H9NO3S/c1-13-8-2-4-9(5-3-8)14-7-6-10(11)12/h2-7H,1H3. The minimum absolute atomic E-state index is 0.490. The van der Waals surface area contributed by atoms with Crippen LogP contribution in [0.3, 0.4) is 0 Å². The summed E-state index contributed by atoms with van der Waals surface area (Å²) in [5.74, 6) is 0.771. The van der Waals surface area contributed by atoms with Crippen LogP contribution in [0.5, 0.6) is 5.75 Å². The van der Waals surface area contributed by atoms with Crippen LogP contribution < -0.4 is 4.74 Å². The summed E-state index contributed by atoms with van der Waals surface area (Å²) in [5.41, 5.74) is 0. The van der Waals surface area contributed by atoms with E-state index in [-0.39, 0.29) is 0 Å². The van der Waals surface area contributed by atoms with Gasteiger partial charge in [-0.05, 0) is 24.3 Å². The lowest BCUT2D eigenvalue weighted by Crippen LogP contribution is -1.81. The van der Waals surface area contributed by atoms with Crippen molar-refractivity contribution in [1.29, 1.82) is 0 Å². The lowest BCUT2D eigenvalue weighted by Gasteiger charge is -1.99. The highest BCUT2D eigenvalue weighted by Crippen LogP contribution is 2.21. The average Bonchev–Trinajstić information content (AvgIpc) is 2.18. The van der Waals surface area contributed by atoms with Crippen LogP contribution >= 0.6 is 11.8 Å². The second-order valence-electron chi connectivity index (χ2n) is 2.36. The van der Waals surface area contributed by atoms with Gasteiger partial charge < -0.3 is 4.74 Å². The molecule has 0 heterocycles. The summed E-state index contributed by atoms with van der Waals surface area (Å²) in [6.45, 7) is 0. The first-order chi connectivity index (χ1) is 6.72.